The van der Waals surface area contributed by atoms with E-state index in [1.807, 2.05) is 18.2 Å². The second-order valence-electron chi connectivity index (χ2n) is 6.73. The van der Waals surface area contributed by atoms with Crippen LogP contribution in [0.5, 0.6) is 0 Å². The van der Waals surface area contributed by atoms with Gasteiger partial charge in [0.15, 0.2) is 0 Å². The van der Waals surface area contributed by atoms with Gasteiger partial charge in [0.05, 0.1) is 17.1 Å². The van der Waals surface area contributed by atoms with Crippen molar-refractivity contribution in [2.24, 2.45) is 13.0 Å². The number of aromatic nitrogens is 2. The Hall–Kier alpha value is -2.10. The molecule has 0 bridgehead atoms. The summed E-state index contributed by atoms with van der Waals surface area (Å²) in [6.07, 6.45) is 9.38. The van der Waals surface area contributed by atoms with E-state index in [2.05, 4.69) is 34.7 Å². The van der Waals surface area contributed by atoms with Crippen molar-refractivity contribution < 1.29 is 4.79 Å². The Bertz CT molecular complexity index is 761. The van der Waals surface area contributed by atoms with Gasteiger partial charge in [-0.2, -0.15) is 0 Å². The highest BCUT2D eigenvalue weighted by Crippen LogP contribution is 2.34. The summed E-state index contributed by atoms with van der Waals surface area (Å²) < 4.78 is 2.15. The number of para-hydroxylation sites is 2. The molecule has 2 unspecified atom stereocenters. The van der Waals surface area contributed by atoms with Gasteiger partial charge in [0.2, 0.25) is 5.91 Å². The zero-order valence-corrected chi connectivity index (χ0v) is 13.6. The molecule has 4 nitrogen and oxygen atoms in total. The SMILES string of the molecule is Cn1c(C2CCCN2C(=O)CC2C=CCC2)nc2ccccc21. The number of aryl methyl sites for hydroxylation is 1. The van der Waals surface area contributed by atoms with Crippen molar-refractivity contribution in [3.05, 3.63) is 42.2 Å². The number of rotatable bonds is 3. The average molecular weight is 309 g/mol. The van der Waals surface area contributed by atoms with Crippen LogP contribution in [0.15, 0.2) is 36.4 Å². The van der Waals surface area contributed by atoms with E-state index >= 15 is 0 Å². The molecular formula is C19H23N3O. The van der Waals surface area contributed by atoms with Gasteiger partial charge in [-0.1, -0.05) is 24.3 Å². The summed E-state index contributed by atoms with van der Waals surface area (Å²) in [5, 5.41) is 0. The Kier molecular flexibility index (Phi) is 3.68. The van der Waals surface area contributed by atoms with Crippen LogP contribution in [-0.4, -0.2) is 26.9 Å². The monoisotopic (exact) mass is 309 g/mol. The summed E-state index contributed by atoms with van der Waals surface area (Å²) in [7, 11) is 2.06. The minimum atomic E-state index is 0.130. The van der Waals surface area contributed by atoms with Crippen molar-refractivity contribution in [1.29, 1.82) is 0 Å². The molecule has 1 amide bonds. The fraction of sp³-hybridized carbons (Fsp3) is 0.474. The molecule has 2 aliphatic rings. The van der Waals surface area contributed by atoms with Crippen LogP contribution in [-0.2, 0) is 11.8 Å². The Morgan fingerprint density at radius 1 is 1.30 bits per heavy atom. The number of hydrogen-bond acceptors (Lipinski definition) is 2. The molecule has 1 aliphatic carbocycles. The lowest BCUT2D eigenvalue weighted by Gasteiger charge is -2.25. The van der Waals surface area contributed by atoms with Crippen LogP contribution in [0.1, 0.15) is 44.0 Å². The molecule has 4 heteroatoms. The summed E-state index contributed by atoms with van der Waals surface area (Å²) in [6, 6.07) is 8.32. The lowest BCUT2D eigenvalue weighted by atomic mass is 10.0. The van der Waals surface area contributed by atoms with Crippen LogP contribution in [0.4, 0.5) is 0 Å². The highest BCUT2D eigenvalue weighted by molar-refractivity contribution is 5.79. The molecule has 2 atom stereocenters. The van der Waals surface area contributed by atoms with Crippen molar-refractivity contribution in [1.82, 2.24) is 14.5 Å². The van der Waals surface area contributed by atoms with Gasteiger partial charge in [-0.05, 0) is 43.7 Å². The fourth-order valence-electron chi connectivity index (χ4n) is 4.00. The first-order chi connectivity index (χ1) is 11.2. The standard InChI is InChI=1S/C19H23N3O/c1-21-16-10-5-4-9-15(16)20-19(21)17-11-6-12-22(17)18(23)13-14-7-2-3-8-14/h2,4-5,7,9-10,14,17H,3,6,8,11-13H2,1H3. The number of carbonyl (C=O) groups is 1. The Morgan fingerprint density at radius 2 is 2.17 bits per heavy atom. The first kappa shape index (κ1) is 14.5. The molecule has 23 heavy (non-hydrogen) atoms. The number of benzene rings is 1. The van der Waals surface area contributed by atoms with Crippen molar-refractivity contribution in [2.45, 2.75) is 38.1 Å². The van der Waals surface area contributed by atoms with Crippen LogP contribution in [0.2, 0.25) is 0 Å². The summed E-state index contributed by atoms with van der Waals surface area (Å²) in [6.45, 7) is 0.864. The molecule has 1 aliphatic heterocycles. The minimum absolute atomic E-state index is 0.130. The summed E-state index contributed by atoms with van der Waals surface area (Å²) in [5.74, 6) is 1.75. The first-order valence-corrected chi connectivity index (χ1v) is 8.61. The number of carbonyl (C=O) groups excluding carboxylic acids is 1. The van der Waals surface area contributed by atoms with Crippen molar-refractivity contribution in [3.63, 3.8) is 0 Å². The third kappa shape index (κ3) is 2.56. The van der Waals surface area contributed by atoms with Crippen molar-refractivity contribution in [2.75, 3.05) is 6.54 Å². The molecule has 2 heterocycles. The van der Waals surface area contributed by atoms with Gasteiger partial charge in [-0.3, -0.25) is 4.79 Å². The van der Waals surface area contributed by atoms with E-state index in [1.54, 1.807) is 0 Å². The van der Waals surface area contributed by atoms with Gasteiger partial charge in [-0.15, -0.1) is 0 Å². The molecule has 4 rings (SSSR count). The van der Waals surface area contributed by atoms with Crippen LogP contribution in [0, 0.1) is 5.92 Å². The molecule has 1 fully saturated rings. The predicted molar refractivity (Wildman–Crippen MR) is 90.9 cm³/mol. The Morgan fingerprint density at radius 3 is 2.96 bits per heavy atom. The molecule has 1 saturated heterocycles. The molecule has 0 N–H and O–H groups in total. The van der Waals surface area contributed by atoms with E-state index in [-0.39, 0.29) is 11.9 Å². The van der Waals surface area contributed by atoms with Crippen LogP contribution < -0.4 is 0 Å². The lowest BCUT2D eigenvalue weighted by Crippen LogP contribution is -2.32. The van der Waals surface area contributed by atoms with E-state index in [9.17, 15) is 4.79 Å². The molecule has 1 aromatic heterocycles. The molecule has 1 aromatic carbocycles. The van der Waals surface area contributed by atoms with Crippen LogP contribution in [0.25, 0.3) is 11.0 Å². The summed E-state index contributed by atoms with van der Waals surface area (Å²) in [4.78, 5) is 19.6. The highest BCUT2D eigenvalue weighted by Gasteiger charge is 2.33. The summed E-state index contributed by atoms with van der Waals surface area (Å²) >= 11 is 0. The molecule has 2 aromatic rings. The van der Waals surface area contributed by atoms with E-state index < -0.39 is 0 Å². The predicted octanol–water partition coefficient (Wildman–Crippen LogP) is 3.59. The smallest absolute Gasteiger partial charge is 0.223 e. The molecule has 120 valence electrons. The third-order valence-electron chi connectivity index (χ3n) is 5.24. The van der Waals surface area contributed by atoms with E-state index in [4.69, 9.17) is 4.98 Å². The number of fused-ring (bicyclic) bond motifs is 1. The quantitative estimate of drug-likeness (QED) is 0.813. The Labute approximate surface area is 136 Å². The topological polar surface area (TPSA) is 38.1 Å². The molecule has 0 radical (unpaired) electrons. The zero-order chi connectivity index (χ0) is 15.8. The summed E-state index contributed by atoms with van der Waals surface area (Å²) in [5.41, 5.74) is 2.16. The maximum Gasteiger partial charge on any atom is 0.223 e. The number of hydrogen-bond donors (Lipinski definition) is 0. The first-order valence-electron chi connectivity index (χ1n) is 8.61. The van der Waals surface area contributed by atoms with Crippen molar-refractivity contribution >= 4 is 16.9 Å². The third-order valence-corrected chi connectivity index (χ3v) is 5.24. The van der Waals surface area contributed by atoms with Gasteiger partial charge in [0.1, 0.15) is 5.82 Å². The second kappa shape index (κ2) is 5.84. The van der Waals surface area contributed by atoms with E-state index in [1.165, 1.54) is 0 Å². The van der Waals surface area contributed by atoms with Crippen LogP contribution >= 0.6 is 0 Å². The minimum Gasteiger partial charge on any atom is -0.332 e. The van der Waals surface area contributed by atoms with Gasteiger partial charge < -0.3 is 9.47 Å². The van der Waals surface area contributed by atoms with Crippen LogP contribution in [0.3, 0.4) is 0 Å². The van der Waals surface area contributed by atoms with Gasteiger partial charge >= 0.3 is 0 Å². The molecule has 0 spiro atoms. The van der Waals surface area contributed by atoms with E-state index in [0.29, 0.717) is 12.3 Å². The van der Waals surface area contributed by atoms with Crippen molar-refractivity contribution in [3.8, 4) is 0 Å². The normalized spacial score (nSPS) is 24.0. The lowest BCUT2D eigenvalue weighted by molar-refractivity contribution is -0.133. The van der Waals surface area contributed by atoms with Gasteiger partial charge in [0.25, 0.3) is 0 Å². The maximum atomic E-state index is 12.8. The number of allylic oxidation sites excluding steroid dienone is 2. The fourth-order valence-corrected chi connectivity index (χ4v) is 4.00. The van der Waals surface area contributed by atoms with Gasteiger partial charge in [-0.25, -0.2) is 4.98 Å². The molecule has 0 saturated carbocycles. The molecular weight excluding hydrogens is 286 g/mol. The Balaban J connectivity index is 1.60. The number of nitrogens with zero attached hydrogens (tertiary/aromatic N) is 3. The second-order valence-corrected chi connectivity index (χ2v) is 6.73. The average Bonchev–Trinajstić information content (AvgIpc) is 3.27. The largest absolute Gasteiger partial charge is 0.332 e. The number of likely N-dealkylation sites (tertiary alicyclic amines) is 1. The number of amides is 1. The highest BCUT2D eigenvalue weighted by atomic mass is 16.2. The van der Waals surface area contributed by atoms with E-state index in [0.717, 1.165) is 49.1 Å². The zero-order valence-electron chi connectivity index (χ0n) is 13.6. The maximum absolute atomic E-state index is 12.8. The number of imidazole rings is 1. The van der Waals surface area contributed by atoms with Gasteiger partial charge in [0, 0.05) is 20.0 Å².